The fraction of sp³-hybridized carbons (Fsp3) is 0.300. The predicted octanol–water partition coefficient (Wildman–Crippen LogP) is 2.70. The molecule has 0 atom stereocenters. The van der Waals surface area contributed by atoms with Crippen LogP contribution in [0.1, 0.15) is 24.2 Å². The van der Waals surface area contributed by atoms with Crippen molar-refractivity contribution in [2.75, 3.05) is 5.33 Å². The maximum Gasteiger partial charge on any atom is 0.173 e. The van der Waals surface area contributed by atoms with E-state index in [9.17, 15) is 4.79 Å². The summed E-state index contributed by atoms with van der Waals surface area (Å²) >= 11 is 3.00. The normalized spacial score (nSPS) is 8.79. The number of benzene rings is 1. The zero-order valence-electron chi connectivity index (χ0n) is 8.12. The molecule has 0 saturated heterocycles. The first-order valence-electron chi connectivity index (χ1n) is 4.26. The number of carbonyl (C=O) groups excluding carboxylic acids is 1. The molecule has 1 aromatic carbocycles. The van der Waals surface area contributed by atoms with E-state index >= 15 is 0 Å². The van der Waals surface area contributed by atoms with Crippen LogP contribution in [0, 0.1) is 0 Å². The summed E-state index contributed by atoms with van der Waals surface area (Å²) in [5, 5.41) is 18.2. The van der Waals surface area contributed by atoms with E-state index in [2.05, 4.69) is 15.9 Å². The van der Waals surface area contributed by atoms with Gasteiger partial charge >= 0.3 is 0 Å². The molecule has 0 aromatic heterocycles. The average Bonchev–Trinajstić information content (AvgIpc) is 2.24. The Kier molecular flexibility index (Phi) is 5.95. The molecule has 0 amide bonds. The van der Waals surface area contributed by atoms with Gasteiger partial charge in [-0.3, -0.25) is 4.79 Å². The number of aromatic hydroxyl groups is 2. The summed E-state index contributed by atoms with van der Waals surface area (Å²) in [6.07, 6.45) is 0. The van der Waals surface area contributed by atoms with Crippen molar-refractivity contribution in [1.82, 2.24) is 0 Å². The molecule has 1 aromatic rings. The second-order valence-electron chi connectivity index (χ2n) is 2.26. The number of halogens is 1. The molecule has 3 nitrogen and oxygen atoms in total. The average molecular weight is 261 g/mol. The van der Waals surface area contributed by atoms with E-state index < -0.39 is 0 Å². The van der Waals surface area contributed by atoms with E-state index in [-0.39, 0.29) is 22.6 Å². The van der Waals surface area contributed by atoms with Gasteiger partial charge in [0.2, 0.25) is 0 Å². The van der Waals surface area contributed by atoms with Crippen molar-refractivity contribution < 1.29 is 15.0 Å². The summed E-state index contributed by atoms with van der Waals surface area (Å²) in [5.74, 6) is -0.631. The quantitative estimate of drug-likeness (QED) is 0.489. The number of ketones is 1. The molecule has 0 aliphatic heterocycles. The summed E-state index contributed by atoms with van der Waals surface area (Å²) < 4.78 is 0. The van der Waals surface area contributed by atoms with Gasteiger partial charge in [0, 0.05) is 5.56 Å². The number of alkyl halides is 1. The van der Waals surface area contributed by atoms with Gasteiger partial charge in [-0.15, -0.1) is 0 Å². The van der Waals surface area contributed by atoms with Gasteiger partial charge in [0.05, 0.1) is 5.33 Å². The smallest absolute Gasteiger partial charge is 0.173 e. The van der Waals surface area contributed by atoms with Gasteiger partial charge in [0.1, 0.15) is 0 Å². The largest absolute Gasteiger partial charge is 0.504 e. The maximum absolute atomic E-state index is 11.0. The van der Waals surface area contributed by atoms with Gasteiger partial charge in [0.15, 0.2) is 17.3 Å². The van der Waals surface area contributed by atoms with E-state index in [0.717, 1.165) is 0 Å². The Hall–Kier alpha value is -1.03. The van der Waals surface area contributed by atoms with Gasteiger partial charge in [0.25, 0.3) is 0 Å². The number of hydrogen-bond acceptors (Lipinski definition) is 3. The Bertz CT molecular complexity index is 310. The minimum Gasteiger partial charge on any atom is -0.504 e. The second kappa shape index (κ2) is 6.43. The third-order valence-corrected chi connectivity index (χ3v) is 1.93. The molecule has 0 fully saturated rings. The molecule has 0 spiro atoms. The fourth-order valence-corrected chi connectivity index (χ4v) is 1.10. The Morgan fingerprint density at radius 3 is 2.29 bits per heavy atom. The summed E-state index contributed by atoms with van der Waals surface area (Å²) in [6, 6.07) is 3.97. The Morgan fingerprint density at radius 1 is 1.29 bits per heavy atom. The molecule has 0 aliphatic carbocycles. The lowest BCUT2D eigenvalue weighted by Gasteiger charge is -1.99. The number of rotatable bonds is 2. The van der Waals surface area contributed by atoms with E-state index in [1.165, 1.54) is 18.2 Å². The highest BCUT2D eigenvalue weighted by Gasteiger charge is 2.06. The summed E-state index contributed by atoms with van der Waals surface area (Å²) in [7, 11) is 0. The molecular formula is C10H13BrO3. The van der Waals surface area contributed by atoms with Gasteiger partial charge in [-0.25, -0.2) is 0 Å². The summed E-state index contributed by atoms with van der Waals surface area (Å²) in [4.78, 5) is 11.0. The SMILES string of the molecule is CC.O=C(CBr)c1ccc(O)c(O)c1. The van der Waals surface area contributed by atoms with E-state index in [1.54, 1.807) is 0 Å². The summed E-state index contributed by atoms with van der Waals surface area (Å²) in [6.45, 7) is 4.00. The van der Waals surface area contributed by atoms with E-state index in [4.69, 9.17) is 10.2 Å². The highest BCUT2D eigenvalue weighted by molar-refractivity contribution is 9.09. The van der Waals surface area contributed by atoms with Crippen LogP contribution in [0.25, 0.3) is 0 Å². The van der Waals surface area contributed by atoms with Gasteiger partial charge in [-0.05, 0) is 18.2 Å². The zero-order chi connectivity index (χ0) is 11.1. The molecule has 0 saturated carbocycles. The molecule has 78 valence electrons. The van der Waals surface area contributed by atoms with Gasteiger partial charge in [-0.2, -0.15) is 0 Å². The van der Waals surface area contributed by atoms with Crippen LogP contribution < -0.4 is 0 Å². The summed E-state index contributed by atoms with van der Waals surface area (Å²) in [5.41, 5.74) is 0.377. The van der Waals surface area contributed by atoms with Gasteiger partial charge in [-0.1, -0.05) is 29.8 Å². The maximum atomic E-state index is 11.0. The van der Waals surface area contributed by atoms with E-state index in [1.807, 2.05) is 13.8 Å². The van der Waals surface area contributed by atoms with E-state index in [0.29, 0.717) is 5.56 Å². The molecule has 2 N–H and O–H groups in total. The monoisotopic (exact) mass is 260 g/mol. The molecule has 0 aliphatic rings. The molecule has 0 radical (unpaired) electrons. The molecule has 4 heteroatoms. The standard InChI is InChI=1S/C8H7BrO3.C2H6/c9-4-8(12)5-1-2-6(10)7(11)3-5;1-2/h1-3,10-11H,4H2;1-2H3. The lowest BCUT2D eigenvalue weighted by Crippen LogP contribution is -1.98. The van der Waals surface area contributed by atoms with Crippen LogP contribution in [0.15, 0.2) is 18.2 Å². The van der Waals surface area contributed by atoms with Crippen molar-refractivity contribution in [1.29, 1.82) is 0 Å². The second-order valence-corrected chi connectivity index (χ2v) is 2.82. The van der Waals surface area contributed by atoms with Crippen LogP contribution >= 0.6 is 15.9 Å². The first-order chi connectivity index (χ1) is 6.65. The van der Waals surface area contributed by atoms with Gasteiger partial charge < -0.3 is 10.2 Å². The van der Waals surface area contributed by atoms with Crippen molar-refractivity contribution in [2.24, 2.45) is 0 Å². The number of phenols is 2. The van der Waals surface area contributed by atoms with Crippen LogP contribution in [-0.4, -0.2) is 21.3 Å². The first-order valence-corrected chi connectivity index (χ1v) is 5.38. The predicted molar refractivity (Wildman–Crippen MR) is 59.2 cm³/mol. The molecule has 0 heterocycles. The van der Waals surface area contributed by atoms with Crippen LogP contribution in [0.2, 0.25) is 0 Å². The minimum atomic E-state index is -0.276. The fourth-order valence-electron chi connectivity index (χ4n) is 0.774. The first kappa shape index (κ1) is 13.0. The number of phenolic OH excluding ortho intramolecular Hbond substituents is 2. The van der Waals surface area contributed by atoms with Crippen molar-refractivity contribution in [3.05, 3.63) is 23.8 Å². The number of Topliss-reactive ketones (excluding diaryl/α,β-unsaturated/α-hetero) is 1. The van der Waals surface area contributed by atoms with Crippen molar-refractivity contribution in [3.8, 4) is 11.5 Å². The van der Waals surface area contributed by atoms with Crippen molar-refractivity contribution in [3.63, 3.8) is 0 Å². The molecule has 14 heavy (non-hydrogen) atoms. The molecule has 0 bridgehead atoms. The Morgan fingerprint density at radius 2 is 1.86 bits per heavy atom. The Labute approximate surface area is 91.5 Å². The third kappa shape index (κ3) is 3.38. The van der Waals surface area contributed by atoms with Crippen molar-refractivity contribution >= 4 is 21.7 Å². The number of hydrogen-bond donors (Lipinski definition) is 2. The third-order valence-electron chi connectivity index (χ3n) is 1.42. The van der Waals surface area contributed by atoms with Crippen LogP contribution in [0.3, 0.4) is 0 Å². The van der Waals surface area contributed by atoms with Crippen LogP contribution in [0.4, 0.5) is 0 Å². The number of carbonyl (C=O) groups is 1. The minimum absolute atomic E-state index is 0.134. The highest BCUT2D eigenvalue weighted by atomic mass is 79.9. The Balaban J connectivity index is 0.000000791. The lowest BCUT2D eigenvalue weighted by atomic mass is 10.1. The van der Waals surface area contributed by atoms with Crippen LogP contribution in [-0.2, 0) is 0 Å². The molecular weight excluding hydrogens is 248 g/mol. The highest BCUT2D eigenvalue weighted by Crippen LogP contribution is 2.25. The topological polar surface area (TPSA) is 57.5 Å². The molecule has 0 unspecified atom stereocenters. The zero-order valence-corrected chi connectivity index (χ0v) is 9.71. The molecule has 1 rings (SSSR count). The lowest BCUT2D eigenvalue weighted by molar-refractivity contribution is 0.102. The van der Waals surface area contributed by atoms with Crippen molar-refractivity contribution in [2.45, 2.75) is 13.8 Å². The van der Waals surface area contributed by atoms with Crippen LogP contribution in [0.5, 0.6) is 11.5 Å².